The Bertz CT molecular complexity index is 790. The number of halogens is 1. The van der Waals surface area contributed by atoms with Crippen LogP contribution in [0.4, 0.5) is 0 Å². The van der Waals surface area contributed by atoms with Crippen molar-refractivity contribution in [2.75, 3.05) is 32.5 Å². The number of ether oxygens (including phenoxy) is 2. The molecule has 0 aliphatic rings. The number of rotatable bonds is 11. The Morgan fingerprint density at radius 1 is 1.10 bits per heavy atom. The first-order chi connectivity index (χ1) is 14.1. The Kier molecular flexibility index (Phi) is 13.2. The van der Waals surface area contributed by atoms with Gasteiger partial charge in [-0.1, -0.05) is 36.4 Å². The van der Waals surface area contributed by atoms with Crippen LogP contribution in [0.1, 0.15) is 19.4 Å². The van der Waals surface area contributed by atoms with Crippen LogP contribution in [0, 0.1) is 0 Å². The second kappa shape index (κ2) is 15.1. The van der Waals surface area contributed by atoms with Crippen LogP contribution in [-0.4, -0.2) is 48.8 Å². The number of methoxy groups -OCH3 is 1. The van der Waals surface area contributed by atoms with E-state index >= 15 is 0 Å². The molecule has 0 fully saturated rings. The highest BCUT2D eigenvalue weighted by Crippen LogP contribution is 2.19. The van der Waals surface area contributed by atoms with E-state index in [-0.39, 0.29) is 30.1 Å². The lowest BCUT2D eigenvalue weighted by molar-refractivity contribution is 0.229. The van der Waals surface area contributed by atoms with Crippen LogP contribution < -0.4 is 20.1 Å². The molecule has 0 saturated carbocycles. The zero-order valence-electron chi connectivity index (χ0n) is 17.8. The molecule has 30 heavy (non-hydrogen) atoms. The molecule has 2 atom stereocenters. The summed E-state index contributed by atoms with van der Waals surface area (Å²) in [7, 11) is 0.717. The molecule has 0 aromatic heterocycles. The molecule has 0 aliphatic heterocycles. The molecule has 166 valence electrons. The van der Waals surface area contributed by atoms with Gasteiger partial charge in [-0.3, -0.25) is 4.21 Å². The van der Waals surface area contributed by atoms with Crippen molar-refractivity contribution in [3.05, 3.63) is 60.2 Å². The van der Waals surface area contributed by atoms with Gasteiger partial charge in [0.25, 0.3) is 0 Å². The van der Waals surface area contributed by atoms with Crippen LogP contribution in [0.2, 0.25) is 0 Å². The van der Waals surface area contributed by atoms with Crippen LogP contribution in [0.25, 0.3) is 0 Å². The fourth-order valence-corrected chi connectivity index (χ4v) is 3.66. The molecule has 0 saturated heterocycles. The number of aliphatic imine (C=N–C) groups is 1. The van der Waals surface area contributed by atoms with Crippen LogP contribution in [-0.2, 0) is 16.6 Å². The molecule has 2 aromatic carbocycles. The van der Waals surface area contributed by atoms with Crippen molar-refractivity contribution in [2.45, 2.75) is 25.7 Å². The van der Waals surface area contributed by atoms with Crippen LogP contribution in [0.5, 0.6) is 11.5 Å². The monoisotopic (exact) mass is 545 g/mol. The normalized spacial score (nSPS) is 13.0. The van der Waals surface area contributed by atoms with Gasteiger partial charge in [-0.15, -0.1) is 24.0 Å². The minimum absolute atomic E-state index is 0. The van der Waals surface area contributed by atoms with Crippen molar-refractivity contribution in [3.8, 4) is 11.5 Å². The lowest BCUT2D eigenvalue weighted by atomic mass is 10.2. The maximum Gasteiger partial charge on any atom is 0.191 e. The van der Waals surface area contributed by atoms with Crippen LogP contribution >= 0.6 is 24.0 Å². The van der Waals surface area contributed by atoms with Crippen molar-refractivity contribution in [1.29, 1.82) is 0 Å². The van der Waals surface area contributed by atoms with Gasteiger partial charge in [-0.2, -0.15) is 0 Å². The molecule has 2 aromatic rings. The summed E-state index contributed by atoms with van der Waals surface area (Å²) < 4.78 is 23.4. The fraction of sp³-hybridized carbons (Fsp3) is 0.409. The second-order valence-electron chi connectivity index (χ2n) is 6.53. The van der Waals surface area contributed by atoms with Crippen molar-refractivity contribution < 1.29 is 13.7 Å². The third-order valence-electron chi connectivity index (χ3n) is 4.02. The van der Waals surface area contributed by atoms with Crippen LogP contribution in [0.3, 0.4) is 0 Å². The van der Waals surface area contributed by atoms with Gasteiger partial charge < -0.3 is 20.1 Å². The van der Waals surface area contributed by atoms with Gasteiger partial charge in [0.1, 0.15) is 17.6 Å². The first-order valence-corrected chi connectivity index (χ1v) is 11.3. The number of benzene rings is 2. The SMILES string of the molecule is CCNC(=NCC(C)Oc1cccc(OC)c1)NCCS(=O)Cc1ccccc1.I. The van der Waals surface area contributed by atoms with Crippen molar-refractivity contribution in [1.82, 2.24) is 10.6 Å². The fourth-order valence-electron chi connectivity index (χ4n) is 2.62. The highest BCUT2D eigenvalue weighted by atomic mass is 127. The van der Waals surface area contributed by atoms with E-state index in [4.69, 9.17) is 9.47 Å². The van der Waals surface area contributed by atoms with Gasteiger partial charge in [-0.05, 0) is 31.5 Å². The smallest absolute Gasteiger partial charge is 0.191 e. The van der Waals surface area contributed by atoms with E-state index in [1.54, 1.807) is 7.11 Å². The Balaban J connectivity index is 0.00000450. The molecule has 2 N–H and O–H groups in total. The highest BCUT2D eigenvalue weighted by molar-refractivity contribution is 14.0. The van der Waals surface area contributed by atoms with E-state index in [2.05, 4.69) is 15.6 Å². The first kappa shape index (κ1) is 26.2. The van der Waals surface area contributed by atoms with Gasteiger partial charge in [0.05, 0.1) is 13.7 Å². The topological polar surface area (TPSA) is 72.0 Å². The zero-order valence-corrected chi connectivity index (χ0v) is 20.9. The molecule has 2 rings (SSSR count). The number of nitrogens with one attached hydrogen (secondary N) is 2. The molecule has 0 aliphatic carbocycles. The Morgan fingerprint density at radius 2 is 1.83 bits per heavy atom. The maximum atomic E-state index is 12.3. The molecule has 0 radical (unpaired) electrons. The first-order valence-electron chi connectivity index (χ1n) is 9.82. The molecular weight excluding hydrogens is 513 g/mol. The maximum absolute atomic E-state index is 12.3. The van der Waals surface area contributed by atoms with Gasteiger partial charge in [0.2, 0.25) is 0 Å². The number of nitrogens with zero attached hydrogens (tertiary/aromatic N) is 1. The summed E-state index contributed by atoms with van der Waals surface area (Å²) in [6.07, 6.45) is -0.0928. The van der Waals surface area contributed by atoms with Gasteiger partial charge in [-0.25, -0.2) is 4.99 Å². The lowest BCUT2D eigenvalue weighted by Gasteiger charge is -2.15. The number of hydrogen-bond donors (Lipinski definition) is 2. The van der Waals surface area contributed by atoms with E-state index < -0.39 is 10.8 Å². The number of guanidine groups is 1. The zero-order chi connectivity index (χ0) is 20.9. The summed E-state index contributed by atoms with van der Waals surface area (Å²) in [5.41, 5.74) is 1.09. The van der Waals surface area contributed by atoms with E-state index in [0.717, 1.165) is 23.6 Å². The standard InChI is InChI=1S/C22H31N3O3S.HI/c1-4-23-22(24-13-14-29(26)17-19-9-6-5-7-10-19)25-16-18(2)28-21-12-8-11-20(15-21)27-3;/h5-12,15,18H,4,13-14,16-17H2,1-3H3,(H2,23,24,25);1H. The molecule has 0 spiro atoms. The van der Waals surface area contributed by atoms with Crippen LogP contribution in [0.15, 0.2) is 59.6 Å². The van der Waals surface area contributed by atoms with Crippen molar-refractivity contribution in [2.24, 2.45) is 4.99 Å². The number of hydrogen-bond acceptors (Lipinski definition) is 4. The third kappa shape index (κ3) is 10.3. The predicted octanol–water partition coefficient (Wildman–Crippen LogP) is 3.58. The van der Waals surface area contributed by atoms with Gasteiger partial charge in [0.15, 0.2) is 5.96 Å². The predicted molar refractivity (Wildman–Crippen MR) is 136 cm³/mol. The summed E-state index contributed by atoms with van der Waals surface area (Å²) in [6, 6.07) is 17.4. The molecule has 0 amide bonds. The average molecular weight is 545 g/mol. The Labute approximate surface area is 199 Å². The quantitative estimate of drug-likeness (QED) is 0.257. The Morgan fingerprint density at radius 3 is 2.53 bits per heavy atom. The summed E-state index contributed by atoms with van der Waals surface area (Å²) in [5.74, 6) is 3.35. The average Bonchev–Trinajstić information content (AvgIpc) is 2.73. The van der Waals surface area contributed by atoms with E-state index in [9.17, 15) is 4.21 Å². The minimum Gasteiger partial charge on any atom is -0.497 e. The molecule has 2 unspecified atom stereocenters. The molecule has 0 heterocycles. The largest absolute Gasteiger partial charge is 0.497 e. The van der Waals surface area contributed by atoms with Crippen molar-refractivity contribution in [3.63, 3.8) is 0 Å². The molecular formula is C22H32IN3O3S. The molecule has 6 nitrogen and oxygen atoms in total. The summed E-state index contributed by atoms with van der Waals surface area (Å²) in [4.78, 5) is 4.57. The highest BCUT2D eigenvalue weighted by Gasteiger charge is 2.07. The van der Waals surface area contributed by atoms with Crippen molar-refractivity contribution >= 4 is 40.7 Å². The van der Waals surface area contributed by atoms with Gasteiger partial charge >= 0.3 is 0 Å². The van der Waals surface area contributed by atoms with Gasteiger partial charge in [0, 0.05) is 41.5 Å². The van der Waals surface area contributed by atoms with E-state index in [1.165, 1.54) is 0 Å². The third-order valence-corrected chi connectivity index (χ3v) is 5.34. The molecule has 0 bridgehead atoms. The lowest BCUT2D eigenvalue weighted by Crippen LogP contribution is -2.39. The second-order valence-corrected chi connectivity index (χ2v) is 8.10. The van der Waals surface area contributed by atoms with E-state index in [0.29, 0.717) is 30.6 Å². The molecule has 8 heteroatoms. The Hall–Kier alpha value is -1.81. The van der Waals surface area contributed by atoms with E-state index in [1.807, 2.05) is 68.4 Å². The summed E-state index contributed by atoms with van der Waals surface area (Å²) in [5, 5.41) is 6.45. The summed E-state index contributed by atoms with van der Waals surface area (Å²) >= 11 is 0. The summed E-state index contributed by atoms with van der Waals surface area (Å²) in [6.45, 7) is 5.84. The minimum atomic E-state index is -0.916.